The van der Waals surface area contributed by atoms with Gasteiger partial charge < -0.3 is 14.7 Å². The summed E-state index contributed by atoms with van der Waals surface area (Å²) in [6.45, 7) is 7.74. The van der Waals surface area contributed by atoms with Gasteiger partial charge in [-0.1, -0.05) is 50.0 Å². The maximum absolute atomic E-state index is 13.1. The Kier molecular flexibility index (Phi) is 7.22. The highest BCUT2D eigenvalue weighted by Gasteiger charge is 2.34. The van der Waals surface area contributed by atoms with E-state index in [1.165, 1.54) is 12.8 Å². The molecular formula is C24H35N5O2. The van der Waals surface area contributed by atoms with Crippen molar-refractivity contribution < 1.29 is 9.32 Å². The Morgan fingerprint density at radius 2 is 1.87 bits per heavy atom. The molecule has 7 nitrogen and oxygen atoms in total. The number of urea groups is 1. The number of benzene rings is 1. The molecule has 168 valence electrons. The summed E-state index contributed by atoms with van der Waals surface area (Å²) in [5.41, 5.74) is 0.866. The van der Waals surface area contributed by atoms with Crippen molar-refractivity contribution in [3.63, 3.8) is 0 Å². The molecule has 0 saturated carbocycles. The Morgan fingerprint density at radius 1 is 1.10 bits per heavy atom. The minimum atomic E-state index is 0.0487. The summed E-state index contributed by atoms with van der Waals surface area (Å²) in [6.07, 6.45) is 6.82. The zero-order valence-corrected chi connectivity index (χ0v) is 18.8. The number of likely N-dealkylation sites (tertiary alicyclic amines) is 2. The molecule has 1 unspecified atom stereocenters. The van der Waals surface area contributed by atoms with Gasteiger partial charge in [0.05, 0.1) is 6.54 Å². The third-order valence-corrected chi connectivity index (χ3v) is 6.62. The molecule has 0 aliphatic carbocycles. The van der Waals surface area contributed by atoms with Crippen molar-refractivity contribution >= 4 is 11.7 Å². The molecule has 2 aliphatic rings. The Bertz CT molecular complexity index is 830. The molecule has 31 heavy (non-hydrogen) atoms. The van der Waals surface area contributed by atoms with E-state index in [1.54, 1.807) is 0 Å². The van der Waals surface area contributed by atoms with Crippen molar-refractivity contribution in [1.82, 2.24) is 19.9 Å². The fourth-order valence-corrected chi connectivity index (χ4v) is 4.85. The lowest BCUT2D eigenvalue weighted by molar-refractivity contribution is 0.0974. The average Bonchev–Trinajstić information content (AvgIpc) is 3.10. The average molecular weight is 426 g/mol. The SMILES string of the molecule is CC(C)c1noc(CN2CCC(C3CCCCCN3C(=O)Nc3ccccc3)CC2)n1. The number of para-hydroxylation sites is 1. The number of aromatic nitrogens is 2. The zero-order chi connectivity index (χ0) is 21.6. The van der Waals surface area contributed by atoms with E-state index in [1.807, 2.05) is 30.3 Å². The van der Waals surface area contributed by atoms with E-state index in [9.17, 15) is 4.79 Å². The van der Waals surface area contributed by atoms with Gasteiger partial charge in [0, 0.05) is 24.2 Å². The second-order valence-electron chi connectivity index (χ2n) is 9.22. The molecule has 2 aliphatic heterocycles. The van der Waals surface area contributed by atoms with Gasteiger partial charge in [0.2, 0.25) is 5.89 Å². The second-order valence-corrected chi connectivity index (χ2v) is 9.22. The van der Waals surface area contributed by atoms with E-state index in [0.717, 1.165) is 63.4 Å². The van der Waals surface area contributed by atoms with Gasteiger partial charge >= 0.3 is 6.03 Å². The van der Waals surface area contributed by atoms with E-state index in [0.29, 0.717) is 17.9 Å². The molecule has 4 rings (SSSR count). The predicted molar refractivity (Wildman–Crippen MR) is 121 cm³/mol. The minimum absolute atomic E-state index is 0.0487. The summed E-state index contributed by atoms with van der Waals surface area (Å²) in [7, 11) is 0. The summed E-state index contributed by atoms with van der Waals surface area (Å²) in [5.74, 6) is 2.32. The van der Waals surface area contributed by atoms with Gasteiger partial charge in [0.15, 0.2) is 5.82 Å². The molecule has 1 aromatic carbocycles. The van der Waals surface area contributed by atoms with Crippen LogP contribution in [0.4, 0.5) is 10.5 Å². The second kappa shape index (κ2) is 10.3. The lowest BCUT2D eigenvalue weighted by atomic mass is 9.86. The van der Waals surface area contributed by atoms with E-state index >= 15 is 0 Å². The quantitative estimate of drug-likeness (QED) is 0.739. The molecule has 1 aromatic heterocycles. The Balaban J connectivity index is 1.35. The molecule has 2 fully saturated rings. The van der Waals surface area contributed by atoms with Gasteiger partial charge in [-0.25, -0.2) is 4.79 Å². The van der Waals surface area contributed by atoms with E-state index in [-0.39, 0.29) is 11.9 Å². The first kappa shape index (κ1) is 21.8. The summed E-state index contributed by atoms with van der Waals surface area (Å²) < 4.78 is 5.43. The summed E-state index contributed by atoms with van der Waals surface area (Å²) >= 11 is 0. The van der Waals surface area contributed by atoms with Gasteiger partial charge in [0.1, 0.15) is 0 Å². The van der Waals surface area contributed by atoms with Crippen LogP contribution in [0.1, 0.15) is 70.0 Å². The van der Waals surface area contributed by atoms with Gasteiger partial charge in [0.25, 0.3) is 0 Å². The van der Waals surface area contributed by atoms with E-state index < -0.39 is 0 Å². The molecule has 2 amide bonds. The van der Waals surface area contributed by atoms with E-state index in [2.05, 4.69) is 39.1 Å². The molecule has 0 radical (unpaired) electrons. The Morgan fingerprint density at radius 3 is 2.58 bits per heavy atom. The van der Waals surface area contributed by atoms with Crippen LogP contribution in [0, 0.1) is 5.92 Å². The van der Waals surface area contributed by atoms with Gasteiger partial charge in [-0.3, -0.25) is 4.90 Å². The fraction of sp³-hybridized carbons (Fsp3) is 0.625. The van der Waals surface area contributed by atoms with Crippen LogP contribution in [0.15, 0.2) is 34.9 Å². The standard InChI is InChI=1S/C24H35N5O2/c1-18(2)23-26-22(31-27-23)17-28-15-12-19(13-16-28)21-11-7-4-8-14-29(21)24(30)25-20-9-5-3-6-10-20/h3,5-6,9-10,18-19,21H,4,7-8,11-17H2,1-2H3,(H,25,30). The largest absolute Gasteiger partial charge is 0.338 e. The highest BCUT2D eigenvalue weighted by atomic mass is 16.5. The lowest BCUT2D eigenvalue weighted by Crippen LogP contribution is -2.49. The van der Waals surface area contributed by atoms with Crippen LogP contribution in [0.5, 0.6) is 0 Å². The fourth-order valence-electron chi connectivity index (χ4n) is 4.85. The molecule has 2 aromatic rings. The normalized spacial score (nSPS) is 21.3. The van der Waals surface area contributed by atoms with Gasteiger partial charge in [-0.05, 0) is 56.8 Å². The topological polar surface area (TPSA) is 74.5 Å². The molecule has 1 atom stereocenters. The number of piperidine rings is 1. The third kappa shape index (κ3) is 5.64. The number of rotatable bonds is 5. The zero-order valence-electron chi connectivity index (χ0n) is 18.8. The molecule has 2 saturated heterocycles. The number of hydrogen-bond donors (Lipinski definition) is 1. The molecule has 0 spiro atoms. The van der Waals surface area contributed by atoms with Crippen LogP contribution in [0.25, 0.3) is 0 Å². The Labute approximate surface area is 185 Å². The molecule has 3 heterocycles. The number of carbonyl (C=O) groups excluding carboxylic acids is 1. The first-order chi connectivity index (χ1) is 15.1. The highest BCUT2D eigenvalue weighted by Crippen LogP contribution is 2.31. The smallest absolute Gasteiger partial charge is 0.322 e. The molecular weight excluding hydrogens is 390 g/mol. The molecule has 1 N–H and O–H groups in total. The van der Waals surface area contributed by atoms with Crippen molar-refractivity contribution in [2.45, 2.75) is 70.9 Å². The number of hydrogen-bond acceptors (Lipinski definition) is 5. The van der Waals surface area contributed by atoms with Crippen LogP contribution in [0.3, 0.4) is 0 Å². The highest BCUT2D eigenvalue weighted by molar-refractivity contribution is 5.89. The van der Waals surface area contributed by atoms with Gasteiger partial charge in [-0.2, -0.15) is 4.98 Å². The van der Waals surface area contributed by atoms with Crippen LogP contribution >= 0.6 is 0 Å². The lowest BCUT2D eigenvalue weighted by Gasteiger charge is -2.40. The maximum atomic E-state index is 13.1. The number of nitrogens with zero attached hydrogens (tertiary/aromatic N) is 4. The monoisotopic (exact) mass is 425 g/mol. The molecule has 0 bridgehead atoms. The van der Waals surface area contributed by atoms with Crippen LogP contribution in [-0.2, 0) is 6.54 Å². The van der Waals surface area contributed by atoms with Crippen molar-refractivity contribution in [3.05, 3.63) is 42.0 Å². The van der Waals surface area contributed by atoms with Crippen molar-refractivity contribution in [1.29, 1.82) is 0 Å². The van der Waals surface area contributed by atoms with Crippen molar-refractivity contribution in [2.75, 3.05) is 25.0 Å². The number of anilines is 1. The summed E-state index contributed by atoms with van der Waals surface area (Å²) in [5, 5.41) is 7.19. The third-order valence-electron chi connectivity index (χ3n) is 6.62. The maximum Gasteiger partial charge on any atom is 0.322 e. The first-order valence-corrected chi connectivity index (χ1v) is 11.8. The van der Waals surface area contributed by atoms with Crippen LogP contribution in [0.2, 0.25) is 0 Å². The van der Waals surface area contributed by atoms with Gasteiger partial charge in [-0.15, -0.1) is 0 Å². The Hall–Kier alpha value is -2.41. The summed E-state index contributed by atoms with van der Waals surface area (Å²) in [6, 6.07) is 10.2. The minimum Gasteiger partial charge on any atom is -0.338 e. The molecule has 7 heteroatoms. The van der Waals surface area contributed by atoms with E-state index in [4.69, 9.17) is 4.52 Å². The summed E-state index contributed by atoms with van der Waals surface area (Å²) in [4.78, 5) is 22.2. The van der Waals surface area contributed by atoms with Crippen LogP contribution < -0.4 is 5.32 Å². The number of amides is 2. The predicted octanol–water partition coefficient (Wildman–Crippen LogP) is 4.88. The number of carbonyl (C=O) groups is 1. The van der Waals surface area contributed by atoms with Crippen LogP contribution in [-0.4, -0.2) is 51.6 Å². The number of nitrogens with one attached hydrogen (secondary N) is 1. The first-order valence-electron chi connectivity index (χ1n) is 11.8. The van der Waals surface area contributed by atoms with Crippen molar-refractivity contribution in [3.8, 4) is 0 Å². The van der Waals surface area contributed by atoms with Crippen molar-refractivity contribution in [2.24, 2.45) is 5.92 Å².